The van der Waals surface area contributed by atoms with Crippen LogP contribution >= 0.6 is 22.9 Å². The maximum Gasteiger partial charge on any atom is 0.345 e. The van der Waals surface area contributed by atoms with Gasteiger partial charge in [0.2, 0.25) is 0 Å². The quantitative estimate of drug-likeness (QED) is 0.746. The summed E-state index contributed by atoms with van der Waals surface area (Å²) in [6, 6.07) is 1.50. The lowest BCUT2D eigenvalue weighted by molar-refractivity contribution is 0.0702. The van der Waals surface area contributed by atoms with Crippen molar-refractivity contribution in [1.82, 2.24) is 0 Å². The molecule has 0 spiro atoms. The van der Waals surface area contributed by atoms with Gasteiger partial charge in [0.15, 0.2) is 0 Å². The van der Waals surface area contributed by atoms with Crippen LogP contribution in [0, 0.1) is 0 Å². The summed E-state index contributed by atoms with van der Waals surface area (Å²) in [5.74, 6) is -0.961. The highest BCUT2D eigenvalue weighted by Gasteiger charge is 2.10. The molecule has 0 aliphatic heterocycles. The van der Waals surface area contributed by atoms with Crippen LogP contribution < -0.4 is 5.73 Å². The predicted octanol–water partition coefficient (Wildman–Crippen LogP) is 1.56. The minimum atomic E-state index is -0.961. The zero-order valence-corrected chi connectivity index (χ0v) is 7.08. The number of carboxylic acids is 1. The maximum atomic E-state index is 10.4. The second-order valence-electron chi connectivity index (χ2n) is 1.92. The van der Waals surface area contributed by atoms with Gasteiger partial charge in [-0.15, -0.1) is 11.3 Å². The van der Waals surface area contributed by atoms with Gasteiger partial charge in [-0.25, -0.2) is 4.79 Å². The number of aromatic carboxylic acids is 1. The third-order valence-electron chi connectivity index (χ3n) is 1.19. The van der Waals surface area contributed by atoms with Crippen LogP contribution in [0.15, 0.2) is 6.07 Å². The molecule has 0 atom stereocenters. The van der Waals surface area contributed by atoms with E-state index in [9.17, 15) is 4.79 Å². The van der Waals surface area contributed by atoms with Crippen molar-refractivity contribution in [2.45, 2.75) is 6.54 Å². The van der Waals surface area contributed by atoms with Crippen LogP contribution in [0.5, 0.6) is 0 Å². The SMILES string of the molecule is NCc1cc(C(=O)O)sc1Cl. The Morgan fingerprint density at radius 3 is 2.73 bits per heavy atom. The van der Waals surface area contributed by atoms with E-state index in [2.05, 4.69) is 0 Å². The molecule has 1 aromatic heterocycles. The fourth-order valence-corrected chi connectivity index (χ4v) is 1.79. The Labute approximate surface area is 72.4 Å². The predicted molar refractivity (Wildman–Crippen MR) is 44.2 cm³/mol. The van der Waals surface area contributed by atoms with Crippen molar-refractivity contribution in [3.05, 3.63) is 20.8 Å². The van der Waals surface area contributed by atoms with Gasteiger partial charge in [0.05, 0.1) is 4.34 Å². The van der Waals surface area contributed by atoms with Gasteiger partial charge in [-0.2, -0.15) is 0 Å². The Balaban J connectivity index is 3.05. The summed E-state index contributed by atoms with van der Waals surface area (Å²) < 4.78 is 0.463. The van der Waals surface area contributed by atoms with Gasteiger partial charge >= 0.3 is 5.97 Å². The number of thiophene rings is 1. The zero-order valence-electron chi connectivity index (χ0n) is 5.50. The van der Waals surface area contributed by atoms with Crippen molar-refractivity contribution in [1.29, 1.82) is 0 Å². The van der Waals surface area contributed by atoms with Gasteiger partial charge in [-0.3, -0.25) is 0 Å². The molecule has 0 aliphatic carbocycles. The summed E-state index contributed by atoms with van der Waals surface area (Å²) in [4.78, 5) is 10.6. The van der Waals surface area contributed by atoms with Crippen LogP contribution in [0.2, 0.25) is 4.34 Å². The molecular weight excluding hydrogens is 186 g/mol. The molecule has 11 heavy (non-hydrogen) atoms. The van der Waals surface area contributed by atoms with Gasteiger partial charge < -0.3 is 10.8 Å². The highest BCUT2D eigenvalue weighted by molar-refractivity contribution is 7.18. The van der Waals surface area contributed by atoms with E-state index in [1.165, 1.54) is 6.07 Å². The molecule has 0 aromatic carbocycles. The van der Waals surface area contributed by atoms with Crippen molar-refractivity contribution in [2.75, 3.05) is 0 Å². The molecule has 0 saturated heterocycles. The van der Waals surface area contributed by atoms with Crippen LogP contribution in [0.3, 0.4) is 0 Å². The first-order valence-corrected chi connectivity index (χ1v) is 4.06. The molecule has 0 unspecified atom stereocenters. The third kappa shape index (κ3) is 1.71. The van der Waals surface area contributed by atoms with Gasteiger partial charge in [-0.05, 0) is 11.6 Å². The minimum absolute atomic E-state index is 0.232. The topological polar surface area (TPSA) is 63.3 Å². The molecule has 5 heteroatoms. The van der Waals surface area contributed by atoms with Crippen LogP contribution in [-0.2, 0) is 6.54 Å². The molecule has 60 valence electrons. The van der Waals surface area contributed by atoms with Crippen molar-refractivity contribution in [3.63, 3.8) is 0 Å². The van der Waals surface area contributed by atoms with E-state index in [-0.39, 0.29) is 11.4 Å². The Morgan fingerprint density at radius 1 is 1.82 bits per heavy atom. The van der Waals surface area contributed by atoms with E-state index in [1.807, 2.05) is 0 Å². The second kappa shape index (κ2) is 3.21. The average molecular weight is 192 g/mol. The first kappa shape index (κ1) is 8.52. The van der Waals surface area contributed by atoms with E-state index in [4.69, 9.17) is 22.4 Å². The lowest BCUT2D eigenvalue weighted by Crippen LogP contribution is -1.95. The minimum Gasteiger partial charge on any atom is -0.477 e. The molecule has 3 nitrogen and oxygen atoms in total. The van der Waals surface area contributed by atoms with Crippen molar-refractivity contribution >= 4 is 28.9 Å². The fraction of sp³-hybridized carbons (Fsp3) is 0.167. The molecule has 0 bridgehead atoms. The van der Waals surface area contributed by atoms with Gasteiger partial charge in [-0.1, -0.05) is 11.6 Å². The molecule has 1 rings (SSSR count). The zero-order chi connectivity index (χ0) is 8.43. The van der Waals surface area contributed by atoms with Crippen molar-refractivity contribution < 1.29 is 9.90 Å². The van der Waals surface area contributed by atoms with E-state index in [0.29, 0.717) is 9.90 Å². The number of halogens is 1. The molecule has 1 aromatic rings. The first-order valence-electron chi connectivity index (χ1n) is 2.86. The lowest BCUT2D eigenvalue weighted by atomic mass is 10.3. The number of nitrogens with two attached hydrogens (primary N) is 1. The summed E-state index contributed by atoms with van der Waals surface area (Å²) in [6.45, 7) is 0.280. The van der Waals surface area contributed by atoms with Crippen molar-refractivity contribution in [2.24, 2.45) is 5.73 Å². The summed E-state index contributed by atoms with van der Waals surface area (Å²) in [5.41, 5.74) is 5.98. The second-order valence-corrected chi connectivity index (χ2v) is 3.57. The lowest BCUT2D eigenvalue weighted by Gasteiger charge is -1.86. The molecule has 3 N–H and O–H groups in total. The van der Waals surface area contributed by atoms with Crippen LogP contribution in [0.1, 0.15) is 15.2 Å². The maximum absolute atomic E-state index is 10.4. The Bertz CT molecular complexity index is 284. The van der Waals surface area contributed by atoms with Crippen LogP contribution in [0.25, 0.3) is 0 Å². The van der Waals surface area contributed by atoms with Crippen molar-refractivity contribution in [3.8, 4) is 0 Å². The molecule has 0 fully saturated rings. The van der Waals surface area contributed by atoms with Crippen LogP contribution in [0.4, 0.5) is 0 Å². The van der Waals surface area contributed by atoms with Crippen LogP contribution in [-0.4, -0.2) is 11.1 Å². The number of hydrogen-bond acceptors (Lipinski definition) is 3. The molecular formula is C6H6ClNO2S. The molecule has 0 radical (unpaired) electrons. The molecule has 0 amide bonds. The van der Waals surface area contributed by atoms with E-state index in [0.717, 1.165) is 11.3 Å². The summed E-state index contributed by atoms with van der Waals surface area (Å²) in [6.07, 6.45) is 0. The van der Waals surface area contributed by atoms with E-state index < -0.39 is 5.97 Å². The highest BCUT2D eigenvalue weighted by atomic mass is 35.5. The Hall–Kier alpha value is -0.580. The number of carboxylic acid groups (broad SMARTS) is 1. The number of carbonyl (C=O) groups is 1. The molecule has 0 aliphatic rings. The first-order chi connectivity index (χ1) is 5.15. The monoisotopic (exact) mass is 191 g/mol. The average Bonchev–Trinajstić information content (AvgIpc) is 2.31. The van der Waals surface area contributed by atoms with Gasteiger partial charge in [0.25, 0.3) is 0 Å². The van der Waals surface area contributed by atoms with Gasteiger partial charge in [0.1, 0.15) is 4.88 Å². The number of hydrogen-bond donors (Lipinski definition) is 2. The summed E-state index contributed by atoms with van der Waals surface area (Å²) >= 11 is 6.70. The summed E-state index contributed by atoms with van der Waals surface area (Å²) in [7, 11) is 0. The van der Waals surface area contributed by atoms with Gasteiger partial charge in [0, 0.05) is 6.54 Å². The number of rotatable bonds is 2. The van der Waals surface area contributed by atoms with E-state index in [1.54, 1.807) is 0 Å². The fourth-order valence-electron chi connectivity index (χ4n) is 0.651. The van der Waals surface area contributed by atoms with E-state index >= 15 is 0 Å². The highest BCUT2D eigenvalue weighted by Crippen LogP contribution is 2.26. The Kier molecular flexibility index (Phi) is 2.49. The largest absolute Gasteiger partial charge is 0.477 e. The smallest absolute Gasteiger partial charge is 0.345 e. The third-order valence-corrected chi connectivity index (χ3v) is 2.62. The standard InChI is InChI=1S/C6H6ClNO2S/c7-5-3(2-8)1-4(11-5)6(9)10/h1H,2,8H2,(H,9,10). The Morgan fingerprint density at radius 2 is 2.45 bits per heavy atom. The normalized spacial score (nSPS) is 10.0. The molecule has 0 saturated carbocycles. The summed E-state index contributed by atoms with van der Waals surface area (Å²) in [5, 5.41) is 8.53. The molecule has 1 heterocycles.